The number of benzene rings is 2. The Morgan fingerprint density at radius 1 is 0.938 bits per heavy atom. The molecule has 0 spiro atoms. The molecule has 0 heterocycles. The molecule has 2 N–H and O–H groups in total. The van der Waals surface area contributed by atoms with Crippen molar-refractivity contribution < 1.29 is 29.2 Å². The minimum Gasteiger partial charge on any atom is -0.461 e. The number of hydrogen-bond acceptors (Lipinski definition) is 6. The van der Waals surface area contributed by atoms with Gasteiger partial charge in [-0.2, -0.15) is 0 Å². The van der Waals surface area contributed by atoms with Gasteiger partial charge in [0.25, 0.3) is 0 Å². The first-order valence-electron chi connectivity index (χ1n) is 10.7. The van der Waals surface area contributed by atoms with Crippen LogP contribution in [0.4, 0.5) is 0 Å². The summed E-state index contributed by atoms with van der Waals surface area (Å²) in [4.78, 5) is 12.0. The molecule has 2 aromatic rings. The maximum atomic E-state index is 12.0. The molecule has 6 nitrogen and oxygen atoms in total. The Balaban J connectivity index is 2.11. The van der Waals surface area contributed by atoms with Crippen LogP contribution < -0.4 is 0 Å². The maximum absolute atomic E-state index is 12.0. The largest absolute Gasteiger partial charge is 0.461 e. The summed E-state index contributed by atoms with van der Waals surface area (Å²) in [5, 5.41) is 20.0. The van der Waals surface area contributed by atoms with E-state index in [0.29, 0.717) is 6.61 Å². The Kier molecular flexibility index (Phi) is 10.6. The minimum absolute atomic E-state index is 0.0714. The monoisotopic (exact) mass is 442 g/mol. The second-order valence-electron chi connectivity index (χ2n) is 8.55. The van der Waals surface area contributed by atoms with E-state index >= 15 is 0 Å². The number of aliphatic hydroxyl groups is 2. The van der Waals surface area contributed by atoms with Crippen molar-refractivity contribution in [1.82, 2.24) is 0 Å². The first-order valence-corrected chi connectivity index (χ1v) is 10.7. The van der Waals surface area contributed by atoms with Crippen LogP contribution in [0.25, 0.3) is 0 Å². The van der Waals surface area contributed by atoms with E-state index in [1.165, 1.54) is 0 Å². The van der Waals surface area contributed by atoms with Gasteiger partial charge < -0.3 is 24.4 Å². The summed E-state index contributed by atoms with van der Waals surface area (Å²) in [5.41, 5.74) is 1.31. The third-order valence-corrected chi connectivity index (χ3v) is 4.71. The lowest BCUT2D eigenvalue weighted by molar-refractivity contribution is -0.151. The number of esters is 1. The smallest absolute Gasteiger partial charge is 0.311 e. The first-order chi connectivity index (χ1) is 15.3. The van der Waals surface area contributed by atoms with Crippen molar-refractivity contribution in [2.45, 2.75) is 52.3 Å². The van der Waals surface area contributed by atoms with E-state index in [1.807, 2.05) is 60.7 Å². The van der Waals surface area contributed by atoms with Crippen LogP contribution in [0, 0.1) is 5.41 Å². The molecule has 0 bridgehead atoms. The van der Waals surface area contributed by atoms with E-state index < -0.39 is 30.3 Å². The summed E-state index contributed by atoms with van der Waals surface area (Å²) in [6.45, 7) is 5.50. The number of hydrogen-bond donors (Lipinski definition) is 2. The number of aliphatic hydroxyl groups excluding tert-OH is 2. The lowest BCUT2D eigenvalue weighted by atomic mass is 9.97. The van der Waals surface area contributed by atoms with Gasteiger partial charge in [0.1, 0.15) is 24.9 Å². The molecule has 0 radical (unpaired) electrons. The number of ether oxygens (including phenoxy) is 3. The Labute approximate surface area is 190 Å². The van der Waals surface area contributed by atoms with Crippen molar-refractivity contribution in [2.75, 3.05) is 13.2 Å². The summed E-state index contributed by atoms with van der Waals surface area (Å²) in [6.07, 6.45) is 0.726. The summed E-state index contributed by atoms with van der Waals surface area (Å²) in [5.74, 6) is -0.309. The highest BCUT2D eigenvalue weighted by Gasteiger charge is 2.28. The Morgan fingerprint density at radius 3 is 1.97 bits per heavy atom. The second kappa shape index (κ2) is 13.1. The maximum Gasteiger partial charge on any atom is 0.311 e. The highest BCUT2D eigenvalue weighted by Crippen LogP contribution is 2.17. The number of carbonyl (C=O) groups is 1. The molecule has 6 heteroatoms. The van der Waals surface area contributed by atoms with Crippen molar-refractivity contribution in [3.63, 3.8) is 0 Å². The van der Waals surface area contributed by atoms with E-state index in [4.69, 9.17) is 14.2 Å². The highest BCUT2D eigenvalue weighted by molar-refractivity contribution is 5.75. The SMILES string of the molecule is CC(C)(C)C(=O)OC/C=C/[C@@H](OCc1ccccc1)[C@H](OCc1ccccc1)[C@H](O)CO. The molecular formula is C26H34O6. The van der Waals surface area contributed by atoms with Gasteiger partial charge in [-0.25, -0.2) is 0 Å². The van der Waals surface area contributed by atoms with Crippen molar-refractivity contribution in [2.24, 2.45) is 5.41 Å². The highest BCUT2D eigenvalue weighted by atomic mass is 16.6. The van der Waals surface area contributed by atoms with Crippen LogP contribution in [0.3, 0.4) is 0 Å². The Hall–Kier alpha value is -2.51. The predicted octanol–water partition coefficient (Wildman–Crippen LogP) is 3.66. The molecule has 32 heavy (non-hydrogen) atoms. The zero-order chi connectivity index (χ0) is 23.4. The molecular weight excluding hydrogens is 408 g/mol. The lowest BCUT2D eigenvalue weighted by Crippen LogP contribution is -2.42. The van der Waals surface area contributed by atoms with Gasteiger partial charge in [0.05, 0.1) is 25.2 Å². The van der Waals surface area contributed by atoms with Gasteiger partial charge in [-0.15, -0.1) is 0 Å². The average Bonchev–Trinajstić information content (AvgIpc) is 2.79. The van der Waals surface area contributed by atoms with Crippen molar-refractivity contribution >= 4 is 5.97 Å². The van der Waals surface area contributed by atoms with E-state index in [0.717, 1.165) is 11.1 Å². The molecule has 0 unspecified atom stereocenters. The van der Waals surface area contributed by atoms with E-state index in [-0.39, 0.29) is 19.2 Å². The number of rotatable bonds is 12. The Bertz CT molecular complexity index is 813. The fourth-order valence-electron chi connectivity index (χ4n) is 2.85. The van der Waals surface area contributed by atoms with Crippen molar-refractivity contribution in [3.8, 4) is 0 Å². The molecule has 0 saturated heterocycles. The van der Waals surface area contributed by atoms with E-state index in [2.05, 4.69) is 0 Å². The number of carbonyl (C=O) groups excluding carboxylic acids is 1. The molecule has 0 aliphatic rings. The minimum atomic E-state index is -1.15. The molecule has 174 valence electrons. The molecule has 0 amide bonds. The van der Waals surface area contributed by atoms with Gasteiger partial charge in [-0.05, 0) is 38.0 Å². The molecule has 0 fully saturated rings. The van der Waals surface area contributed by atoms with Gasteiger partial charge in [0, 0.05) is 0 Å². The van der Waals surface area contributed by atoms with Crippen molar-refractivity contribution in [3.05, 3.63) is 83.9 Å². The fourth-order valence-corrected chi connectivity index (χ4v) is 2.85. The third kappa shape index (κ3) is 8.93. The average molecular weight is 443 g/mol. The third-order valence-electron chi connectivity index (χ3n) is 4.71. The van der Waals surface area contributed by atoms with Gasteiger partial charge in [0.2, 0.25) is 0 Å². The molecule has 0 saturated carbocycles. The summed E-state index contributed by atoms with van der Waals surface area (Å²) in [7, 11) is 0. The van der Waals surface area contributed by atoms with Gasteiger partial charge in [0.15, 0.2) is 0 Å². The fraction of sp³-hybridized carbons (Fsp3) is 0.423. The van der Waals surface area contributed by atoms with Crippen LogP contribution in [0.15, 0.2) is 72.8 Å². The molecule has 2 rings (SSSR count). The topological polar surface area (TPSA) is 85.2 Å². The predicted molar refractivity (Wildman–Crippen MR) is 123 cm³/mol. The summed E-state index contributed by atoms with van der Waals surface area (Å²) >= 11 is 0. The first kappa shape index (κ1) is 25.7. The standard InChI is InChI=1S/C26H34O6/c1-26(2,3)25(29)30-16-10-15-23(31-18-20-11-6-4-7-12-20)24(22(28)17-27)32-19-21-13-8-5-9-14-21/h4-15,22-24,27-28H,16-19H2,1-3H3/b15-10+/t22-,23-,24-/m1/s1. The molecule has 2 aromatic carbocycles. The summed E-state index contributed by atoms with van der Waals surface area (Å²) < 4.78 is 17.3. The second-order valence-corrected chi connectivity index (χ2v) is 8.55. The van der Waals surface area contributed by atoms with E-state index in [9.17, 15) is 15.0 Å². The molecule has 0 aromatic heterocycles. The molecule has 3 atom stereocenters. The van der Waals surface area contributed by atoms with Crippen LogP contribution in [0.2, 0.25) is 0 Å². The zero-order valence-electron chi connectivity index (χ0n) is 19.0. The normalized spacial score (nSPS) is 14.8. The quantitative estimate of drug-likeness (QED) is 0.386. The molecule has 0 aliphatic carbocycles. The van der Waals surface area contributed by atoms with Crippen molar-refractivity contribution in [1.29, 1.82) is 0 Å². The Morgan fingerprint density at radius 2 is 1.47 bits per heavy atom. The van der Waals surface area contributed by atoms with Gasteiger partial charge in [-0.3, -0.25) is 4.79 Å². The van der Waals surface area contributed by atoms with Crippen LogP contribution in [-0.4, -0.2) is 47.7 Å². The van der Waals surface area contributed by atoms with Gasteiger partial charge >= 0.3 is 5.97 Å². The van der Waals surface area contributed by atoms with Crippen LogP contribution in [-0.2, 0) is 32.2 Å². The van der Waals surface area contributed by atoms with E-state index in [1.54, 1.807) is 32.9 Å². The van der Waals surface area contributed by atoms with Crippen LogP contribution in [0.5, 0.6) is 0 Å². The van der Waals surface area contributed by atoms with Gasteiger partial charge in [-0.1, -0.05) is 66.7 Å². The van der Waals surface area contributed by atoms with Crippen LogP contribution in [0.1, 0.15) is 31.9 Å². The summed E-state index contributed by atoms with van der Waals surface area (Å²) in [6, 6.07) is 19.2. The van der Waals surface area contributed by atoms with Crippen LogP contribution >= 0.6 is 0 Å². The molecule has 0 aliphatic heterocycles. The lowest BCUT2D eigenvalue weighted by Gasteiger charge is -2.29. The zero-order valence-corrected chi connectivity index (χ0v) is 19.0.